The highest BCUT2D eigenvalue weighted by Crippen LogP contribution is 2.37. The summed E-state index contributed by atoms with van der Waals surface area (Å²) in [4.78, 5) is 12.1. The summed E-state index contributed by atoms with van der Waals surface area (Å²) < 4.78 is 13.3. The highest BCUT2D eigenvalue weighted by Gasteiger charge is 2.16. The first-order valence-electron chi connectivity index (χ1n) is 7.37. The van der Waals surface area contributed by atoms with Gasteiger partial charge < -0.3 is 4.98 Å². The number of nitrogens with zero attached hydrogens (tertiary/aromatic N) is 2. The van der Waals surface area contributed by atoms with Crippen molar-refractivity contribution < 1.29 is 4.39 Å². The van der Waals surface area contributed by atoms with Crippen LogP contribution in [-0.2, 0) is 0 Å². The van der Waals surface area contributed by atoms with E-state index < -0.39 is 0 Å². The smallest absolute Gasteiger partial charge is 0.123 e. The summed E-state index contributed by atoms with van der Waals surface area (Å²) >= 11 is 0. The fourth-order valence-electron chi connectivity index (χ4n) is 2.81. The molecule has 112 valence electrons. The van der Waals surface area contributed by atoms with Gasteiger partial charge in [-0.05, 0) is 48.4 Å². The SMILES string of the molecule is Cc1cnc2c(-c3ccc(F)cc3)c(-c3ccncc3)[nH]c2c1. The number of halogens is 1. The van der Waals surface area contributed by atoms with Gasteiger partial charge in [0.25, 0.3) is 0 Å². The maximum atomic E-state index is 13.3. The van der Waals surface area contributed by atoms with Crippen LogP contribution in [0.25, 0.3) is 33.4 Å². The average Bonchev–Trinajstić information content (AvgIpc) is 2.95. The molecule has 0 saturated heterocycles. The number of fused-ring (bicyclic) bond motifs is 1. The van der Waals surface area contributed by atoms with Gasteiger partial charge in [-0.2, -0.15) is 0 Å². The molecule has 0 unspecified atom stereocenters. The molecule has 3 heterocycles. The van der Waals surface area contributed by atoms with Crippen LogP contribution in [0.5, 0.6) is 0 Å². The lowest BCUT2D eigenvalue weighted by Crippen LogP contribution is -1.85. The topological polar surface area (TPSA) is 41.6 Å². The molecule has 4 rings (SSSR count). The molecule has 3 aromatic heterocycles. The minimum Gasteiger partial charge on any atom is -0.353 e. The third-order valence-electron chi connectivity index (χ3n) is 3.87. The zero-order valence-corrected chi connectivity index (χ0v) is 12.5. The Bertz CT molecular complexity index is 973. The fraction of sp³-hybridized carbons (Fsp3) is 0.0526. The standard InChI is InChI=1S/C19H14FN3/c1-12-10-16-19(22-11-12)17(13-2-4-15(20)5-3-13)18(23-16)14-6-8-21-9-7-14/h2-11,23H,1H3. The van der Waals surface area contributed by atoms with Crippen molar-refractivity contribution in [1.82, 2.24) is 15.0 Å². The highest BCUT2D eigenvalue weighted by atomic mass is 19.1. The van der Waals surface area contributed by atoms with E-state index in [0.29, 0.717) is 0 Å². The number of hydrogen-bond acceptors (Lipinski definition) is 2. The number of pyridine rings is 2. The third-order valence-corrected chi connectivity index (χ3v) is 3.87. The van der Waals surface area contributed by atoms with Gasteiger partial charge in [0.15, 0.2) is 0 Å². The lowest BCUT2D eigenvalue weighted by molar-refractivity contribution is 0.628. The molecule has 0 saturated carbocycles. The molecule has 1 N–H and O–H groups in total. The molecule has 3 nitrogen and oxygen atoms in total. The number of benzene rings is 1. The number of H-pyrrole nitrogens is 1. The van der Waals surface area contributed by atoms with Crippen LogP contribution in [0.4, 0.5) is 4.39 Å². The predicted molar refractivity (Wildman–Crippen MR) is 89.5 cm³/mol. The van der Waals surface area contributed by atoms with E-state index in [1.807, 2.05) is 25.3 Å². The van der Waals surface area contributed by atoms with Crippen LogP contribution < -0.4 is 0 Å². The van der Waals surface area contributed by atoms with Gasteiger partial charge in [-0.15, -0.1) is 0 Å². The predicted octanol–water partition coefficient (Wildman–Crippen LogP) is 4.74. The number of aryl methyl sites for hydroxylation is 1. The fourth-order valence-corrected chi connectivity index (χ4v) is 2.81. The molecule has 0 radical (unpaired) electrons. The van der Waals surface area contributed by atoms with E-state index in [0.717, 1.165) is 39.0 Å². The van der Waals surface area contributed by atoms with Crippen molar-refractivity contribution in [2.24, 2.45) is 0 Å². The summed E-state index contributed by atoms with van der Waals surface area (Å²) in [7, 11) is 0. The van der Waals surface area contributed by atoms with Gasteiger partial charge in [0.2, 0.25) is 0 Å². The molecule has 0 aliphatic rings. The molecular formula is C19H14FN3. The maximum Gasteiger partial charge on any atom is 0.123 e. The van der Waals surface area contributed by atoms with Crippen LogP contribution in [0.3, 0.4) is 0 Å². The Morgan fingerprint density at radius 3 is 2.43 bits per heavy atom. The first-order chi connectivity index (χ1) is 11.2. The Hall–Kier alpha value is -3.01. The Balaban J connectivity index is 2.05. The first-order valence-corrected chi connectivity index (χ1v) is 7.37. The largest absolute Gasteiger partial charge is 0.353 e. The van der Waals surface area contributed by atoms with Gasteiger partial charge in [-0.3, -0.25) is 9.97 Å². The quantitative estimate of drug-likeness (QED) is 0.581. The summed E-state index contributed by atoms with van der Waals surface area (Å²) in [6, 6.07) is 12.5. The van der Waals surface area contributed by atoms with Gasteiger partial charge in [0.1, 0.15) is 5.82 Å². The number of aromatic nitrogens is 3. The minimum atomic E-state index is -0.247. The molecule has 4 aromatic rings. The first kappa shape index (κ1) is 13.6. The zero-order valence-electron chi connectivity index (χ0n) is 12.5. The molecular weight excluding hydrogens is 289 g/mol. The zero-order chi connectivity index (χ0) is 15.8. The van der Waals surface area contributed by atoms with Crippen LogP contribution in [0.1, 0.15) is 5.56 Å². The summed E-state index contributed by atoms with van der Waals surface area (Å²) in [5.74, 6) is -0.247. The summed E-state index contributed by atoms with van der Waals surface area (Å²) in [6.07, 6.45) is 5.36. The Morgan fingerprint density at radius 1 is 0.957 bits per heavy atom. The second kappa shape index (κ2) is 5.32. The average molecular weight is 303 g/mol. The lowest BCUT2D eigenvalue weighted by atomic mass is 10.0. The van der Waals surface area contributed by atoms with E-state index in [9.17, 15) is 4.39 Å². The Kier molecular flexibility index (Phi) is 3.15. The van der Waals surface area contributed by atoms with Crippen LogP contribution in [0.2, 0.25) is 0 Å². The van der Waals surface area contributed by atoms with Gasteiger partial charge in [-0.1, -0.05) is 12.1 Å². The molecule has 0 bridgehead atoms. The van der Waals surface area contributed by atoms with Crippen LogP contribution in [0, 0.1) is 12.7 Å². The van der Waals surface area contributed by atoms with Crippen molar-refractivity contribution in [2.45, 2.75) is 6.92 Å². The van der Waals surface area contributed by atoms with Crippen LogP contribution in [0.15, 0.2) is 61.1 Å². The van der Waals surface area contributed by atoms with E-state index in [1.54, 1.807) is 24.5 Å². The molecule has 0 amide bonds. The molecule has 23 heavy (non-hydrogen) atoms. The van der Waals surface area contributed by atoms with Gasteiger partial charge in [0, 0.05) is 29.7 Å². The van der Waals surface area contributed by atoms with Crippen molar-refractivity contribution in [3.8, 4) is 22.4 Å². The third kappa shape index (κ3) is 2.38. The van der Waals surface area contributed by atoms with E-state index in [4.69, 9.17) is 0 Å². The van der Waals surface area contributed by atoms with E-state index >= 15 is 0 Å². The van der Waals surface area contributed by atoms with Crippen molar-refractivity contribution in [2.75, 3.05) is 0 Å². The lowest BCUT2D eigenvalue weighted by Gasteiger charge is -2.05. The molecule has 4 heteroatoms. The molecule has 0 aliphatic carbocycles. The second-order valence-corrected chi connectivity index (χ2v) is 5.53. The Morgan fingerprint density at radius 2 is 1.70 bits per heavy atom. The molecule has 0 spiro atoms. The summed E-state index contributed by atoms with van der Waals surface area (Å²) in [6.45, 7) is 2.01. The molecule has 0 fully saturated rings. The number of hydrogen-bond donors (Lipinski definition) is 1. The number of rotatable bonds is 2. The molecule has 0 atom stereocenters. The van der Waals surface area contributed by atoms with Crippen molar-refractivity contribution >= 4 is 11.0 Å². The number of aromatic amines is 1. The van der Waals surface area contributed by atoms with Crippen molar-refractivity contribution in [3.63, 3.8) is 0 Å². The normalized spacial score (nSPS) is 11.0. The van der Waals surface area contributed by atoms with Crippen LogP contribution >= 0.6 is 0 Å². The van der Waals surface area contributed by atoms with Gasteiger partial charge in [-0.25, -0.2) is 4.39 Å². The van der Waals surface area contributed by atoms with Crippen molar-refractivity contribution in [3.05, 3.63) is 72.4 Å². The summed E-state index contributed by atoms with van der Waals surface area (Å²) in [5.41, 5.74) is 6.84. The van der Waals surface area contributed by atoms with Gasteiger partial charge >= 0.3 is 0 Å². The van der Waals surface area contributed by atoms with Gasteiger partial charge in [0.05, 0.1) is 16.7 Å². The minimum absolute atomic E-state index is 0.247. The van der Waals surface area contributed by atoms with Crippen molar-refractivity contribution in [1.29, 1.82) is 0 Å². The Labute approximate surface area is 132 Å². The van der Waals surface area contributed by atoms with E-state index in [2.05, 4.69) is 21.0 Å². The number of nitrogens with one attached hydrogen (secondary N) is 1. The van der Waals surface area contributed by atoms with E-state index in [1.165, 1.54) is 12.1 Å². The highest BCUT2D eigenvalue weighted by molar-refractivity contribution is 6.01. The molecule has 1 aromatic carbocycles. The van der Waals surface area contributed by atoms with Crippen LogP contribution in [-0.4, -0.2) is 15.0 Å². The second-order valence-electron chi connectivity index (χ2n) is 5.53. The molecule has 0 aliphatic heterocycles. The summed E-state index contributed by atoms with van der Waals surface area (Å²) in [5, 5.41) is 0. The monoisotopic (exact) mass is 303 g/mol. The maximum absolute atomic E-state index is 13.3. The van der Waals surface area contributed by atoms with E-state index in [-0.39, 0.29) is 5.82 Å².